The summed E-state index contributed by atoms with van der Waals surface area (Å²) in [5, 5.41) is 2.52. The largest absolute Gasteiger partial charge is 0.228 e. The second kappa shape index (κ2) is 14.8. The molecule has 13 rings (SSSR count). The van der Waals surface area contributed by atoms with Gasteiger partial charge in [-0.15, -0.1) is 0 Å². The third-order valence-corrected chi connectivity index (χ3v) is 13.7. The van der Waals surface area contributed by atoms with Crippen molar-refractivity contribution in [1.82, 2.24) is 9.97 Å². The lowest BCUT2D eigenvalue weighted by Gasteiger charge is -2.31. The first-order valence-electron chi connectivity index (χ1n) is 22.4. The van der Waals surface area contributed by atoms with Gasteiger partial charge >= 0.3 is 0 Å². The Kier molecular flexibility index (Phi) is 8.47. The van der Waals surface area contributed by atoms with E-state index in [1.807, 2.05) is 0 Å². The fourth-order valence-electron chi connectivity index (χ4n) is 10.9. The van der Waals surface area contributed by atoms with Crippen LogP contribution in [0.3, 0.4) is 0 Å². The Bertz CT molecular complexity index is 3530. The molecule has 0 saturated heterocycles. The van der Waals surface area contributed by atoms with Crippen molar-refractivity contribution >= 4 is 10.8 Å². The Morgan fingerprint density at radius 1 is 0.277 bits per heavy atom. The van der Waals surface area contributed by atoms with E-state index in [9.17, 15) is 0 Å². The van der Waals surface area contributed by atoms with Gasteiger partial charge in [0.1, 0.15) is 0 Å². The third kappa shape index (κ3) is 5.81. The summed E-state index contributed by atoms with van der Waals surface area (Å²) in [6.45, 7) is 0. The number of fused-ring (bicyclic) bond motifs is 12. The van der Waals surface area contributed by atoms with Crippen molar-refractivity contribution in [3.8, 4) is 89.5 Å². The van der Waals surface area contributed by atoms with Crippen molar-refractivity contribution in [3.05, 3.63) is 265 Å². The van der Waals surface area contributed by atoms with E-state index in [-0.39, 0.29) is 0 Å². The molecule has 0 saturated carbocycles. The van der Waals surface area contributed by atoms with E-state index in [0.29, 0.717) is 5.82 Å². The number of aromatic nitrogens is 2. The molecule has 11 aromatic rings. The van der Waals surface area contributed by atoms with Crippen LogP contribution in [0.1, 0.15) is 22.3 Å². The number of hydrogen-bond acceptors (Lipinski definition) is 2. The maximum absolute atomic E-state index is 5.38. The molecule has 2 nitrogen and oxygen atoms in total. The molecule has 0 N–H and O–H groups in total. The first-order valence-corrected chi connectivity index (χ1v) is 22.4. The molecule has 2 aliphatic rings. The Labute approximate surface area is 378 Å². The van der Waals surface area contributed by atoms with E-state index >= 15 is 0 Å². The zero-order chi connectivity index (χ0) is 42.9. The highest BCUT2D eigenvalue weighted by atomic mass is 14.9. The molecule has 2 heteroatoms. The van der Waals surface area contributed by atoms with Gasteiger partial charge in [0.2, 0.25) is 0 Å². The molecule has 0 radical (unpaired) electrons. The molecular formula is C63H40N2. The second-order valence-corrected chi connectivity index (χ2v) is 17.2. The van der Waals surface area contributed by atoms with E-state index in [1.165, 1.54) is 60.8 Å². The normalized spacial score (nSPS) is 12.7. The monoisotopic (exact) mass is 824 g/mol. The second-order valence-electron chi connectivity index (χ2n) is 17.2. The molecule has 0 unspecified atom stereocenters. The quantitative estimate of drug-likeness (QED) is 0.167. The maximum atomic E-state index is 5.38. The number of benzene rings is 10. The average molecular weight is 825 g/mol. The molecule has 1 aromatic heterocycles. The highest BCUT2D eigenvalue weighted by molar-refractivity contribution is 6.09. The zero-order valence-corrected chi connectivity index (χ0v) is 35.5. The van der Waals surface area contributed by atoms with Crippen LogP contribution in [0.2, 0.25) is 0 Å². The fraction of sp³-hybridized carbons (Fsp3) is 0.0159. The van der Waals surface area contributed by atoms with Gasteiger partial charge in [0.15, 0.2) is 5.82 Å². The van der Waals surface area contributed by atoms with E-state index in [1.54, 1.807) is 0 Å². The van der Waals surface area contributed by atoms with Crippen LogP contribution in [0, 0.1) is 0 Å². The highest BCUT2D eigenvalue weighted by Gasteiger charge is 2.52. The molecule has 0 amide bonds. The van der Waals surface area contributed by atoms with E-state index in [2.05, 4.69) is 243 Å². The van der Waals surface area contributed by atoms with Crippen LogP contribution in [-0.2, 0) is 5.41 Å². The van der Waals surface area contributed by atoms with Gasteiger partial charge in [-0.05, 0) is 119 Å². The van der Waals surface area contributed by atoms with Crippen molar-refractivity contribution in [1.29, 1.82) is 0 Å². The zero-order valence-electron chi connectivity index (χ0n) is 35.5. The smallest absolute Gasteiger partial charge is 0.160 e. The number of rotatable bonds is 6. The van der Waals surface area contributed by atoms with Crippen molar-refractivity contribution in [2.45, 2.75) is 5.41 Å². The molecule has 65 heavy (non-hydrogen) atoms. The molecule has 0 fully saturated rings. The fourth-order valence-corrected chi connectivity index (χ4v) is 10.9. The summed E-state index contributed by atoms with van der Waals surface area (Å²) >= 11 is 0. The number of nitrogens with zero attached hydrogens (tertiary/aromatic N) is 2. The molecule has 1 heterocycles. The van der Waals surface area contributed by atoms with Crippen molar-refractivity contribution in [3.63, 3.8) is 0 Å². The van der Waals surface area contributed by atoms with Crippen LogP contribution in [-0.4, -0.2) is 9.97 Å². The maximum Gasteiger partial charge on any atom is 0.160 e. The van der Waals surface area contributed by atoms with Crippen LogP contribution >= 0.6 is 0 Å². The minimum absolute atomic E-state index is 0.449. The van der Waals surface area contributed by atoms with Gasteiger partial charge in [0.05, 0.1) is 16.8 Å². The van der Waals surface area contributed by atoms with Crippen molar-refractivity contribution in [2.75, 3.05) is 0 Å². The molecule has 1 spiro atoms. The first kappa shape index (κ1) is 37.1. The SMILES string of the molecule is c1ccc(-c2cc(-c3ccccc3)cc(-c3cc(-c4ccccc4)nc(-c4ccc(-c5cc6ccccc6c6c5-c5ccccc5C65c6ccccc6-c6ccccc65)cc4)n3)c2)cc1. The van der Waals surface area contributed by atoms with Crippen LogP contribution in [0.4, 0.5) is 0 Å². The molecule has 0 atom stereocenters. The van der Waals surface area contributed by atoms with Gasteiger partial charge in [0, 0.05) is 16.7 Å². The Morgan fingerprint density at radius 2 is 0.723 bits per heavy atom. The third-order valence-electron chi connectivity index (χ3n) is 13.7. The van der Waals surface area contributed by atoms with Crippen LogP contribution in [0.5, 0.6) is 0 Å². The summed E-state index contributed by atoms with van der Waals surface area (Å²) < 4.78 is 0. The van der Waals surface area contributed by atoms with Gasteiger partial charge in [-0.1, -0.05) is 212 Å². The summed E-state index contributed by atoms with van der Waals surface area (Å²) in [5.41, 5.74) is 22.0. The highest BCUT2D eigenvalue weighted by Crippen LogP contribution is 2.65. The summed E-state index contributed by atoms with van der Waals surface area (Å²) in [4.78, 5) is 10.7. The van der Waals surface area contributed by atoms with Gasteiger partial charge in [-0.25, -0.2) is 9.97 Å². The molecule has 0 bridgehead atoms. The van der Waals surface area contributed by atoms with Gasteiger partial charge in [-0.3, -0.25) is 0 Å². The average Bonchev–Trinajstić information content (AvgIpc) is 3.87. The van der Waals surface area contributed by atoms with Crippen LogP contribution < -0.4 is 0 Å². The molecule has 2 aliphatic carbocycles. The van der Waals surface area contributed by atoms with E-state index in [0.717, 1.165) is 55.9 Å². The van der Waals surface area contributed by atoms with E-state index in [4.69, 9.17) is 9.97 Å². The lowest BCUT2D eigenvalue weighted by molar-refractivity contribution is 0.801. The first-order chi connectivity index (χ1) is 32.2. The molecule has 302 valence electrons. The summed E-state index contributed by atoms with van der Waals surface area (Å²) in [6.07, 6.45) is 0. The molecule has 0 aliphatic heterocycles. The summed E-state index contributed by atoms with van der Waals surface area (Å²) in [6, 6.07) is 88.1. The topological polar surface area (TPSA) is 25.8 Å². The van der Waals surface area contributed by atoms with Crippen molar-refractivity contribution < 1.29 is 0 Å². The lowest BCUT2D eigenvalue weighted by atomic mass is 9.69. The Balaban J connectivity index is 0.996. The van der Waals surface area contributed by atoms with Crippen molar-refractivity contribution in [2.24, 2.45) is 0 Å². The Hall–Kier alpha value is -8.46. The van der Waals surface area contributed by atoms with Gasteiger partial charge in [-0.2, -0.15) is 0 Å². The van der Waals surface area contributed by atoms with Crippen LogP contribution in [0.25, 0.3) is 100 Å². The van der Waals surface area contributed by atoms with Gasteiger partial charge in [0.25, 0.3) is 0 Å². The van der Waals surface area contributed by atoms with E-state index < -0.39 is 5.41 Å². The summed E-state index contributed by atoms with van der Waals surface area (Å²) in [7, 11) is 0. The standard InChI is InChI=1S/C63H40N2/c1-4-18-41(19-5-1)47-36-48(42-20-6-2-7-21-42)38-49(37-47)59-40-58(44-22-8-3-9-23-44)64-62(65-59)45-34-32-43(33-35-45)54-39-46-24-10-11-25-50(46)61-60(54)53-28-14-17-31-57(53)63(61)55-29-15-12-26-51(55)52-27-13-16-30-56(52)63/h1-40H. The minimum Gasteiger partial charge on any atom is -0.228 e. The Morgan fingerprint density at radius 3 is 1.32 bits per heavy atom. The minimum atomic E-state index is -0.449. The predicted molar refractivity (Wildman–Crippen MR) is 268 cm³/mol. The predicted octanol–water partition coefficient (Wildman–Crippen LogP) is 16.0. The lowest BCUT2D eigenvalue weighted by Crippen LogP contribution is -2.26. The number of hydrogen-bond donors (Lipinski definition) is 0. The molecular weight excluding hydrogens is 785 g/mol. The van der Waals surface area contributed by atoms with Gasteiger partial charge < -0.3 is 0 Å². The van der Waals surface area contributed by atoms with Crippen LogP contribution in [0.15, 0.2) is 243 Å². The molecule has 10 aromatic carbocycles. The summed E-state index contributed by atoms with van der Waals surface area (Å²) in [5.74, 6) is 0.687.